The van der Waals surface area contributed by atoms with Crippen LogP contribution in [0.4, 0.5) is 0 Å². The molecule has 0 saturated carbocycles. The average molecular weight is 388 g/mol. The van der Waals surface area contributed by atoms with Gasteiger partial charge in [0.15, 0.2) is 0 Å². The Balaban J connectivity index is 1.64. The van der Waals surface area contributed by atoms with Crippen molar-refractivity contribution in [2.45, 2.75) is 12.5 Å². The fourth-order valence-electron chi connectivity index (χ4n) is 3.04. The molecule has 0 heterocycles. The molecule has 3 rings (SSSR count). The van der Waals surface area contributed by atoms with Gasteiger partial charge in [-0.2, -0.15) is 0 Å². The lowest BCUT2D eigenvalue weighted by molar-refractivity contribution is -0.126. The summed E-state index contributed by atoms with van der Waals surface area (Å²) in [6.45, 7) is -0.0782. The molecule has 0 fully saturated rings. The highest BCUT2D eigenvalue weighted by molar-refractivity contribution is 5.86. The molecule has 0 aromatic heterocycles. The number of amides is 2. The van der Waals surface area contributed by atoms with Crippen LogP contribution >= 0.6 is 0 Å². The first-order valence-electron chi connectivity index (χ1n) is 9.44. The maximum Gasteiger partial charge on any atom is 0.240 e. The van der Waals surface area contributed by atoms with E-state index < -0.39 is 0 Å². The van der Waals surface area contributed by atoms with E-state index in [9.17, 15) is 9.59 Å². The zero-order chi connectivity index (χ0) is 20.5. The number of nitrogens with one attached hydrogen (secondary N) is 2. The molecule has 0 aliphatic heterocycles. The molecule has 5 nitrogen and oxygen atoms in total. The van der Waals surface area contributed by atoms with Crippen molar-refractivity contribution in [3.05, 3.63) is 102 Å². The first kappa shape index (κ1) is 20.1. The van der Waals surface area contributed by atoms with E-state index in [2.05, 4.69) is 10.6 Å². The average Bonchev–Trinajstić information content (AvgIpc) is 2.77. The molecule has 3 aromatic carbocycles. The van der Waals surface area contributed by atoms with Crippen molar-refractivity contribution >= 4 is 11.8 Å². The smallest absolute Gasteiger partial charge is 0.240 e. The Morgan fingerprint density at radius 1 is 0.793 bits per heavy atom. The van der Waals surface area contributed by atoms with Crippen LogP contribution in [0.1, 0.15) is 22.7 Å². The molecule has 0 aliphatic rings. The molecule has 0 spiro atoms. The molecule has 1 atom stereocenters. The zero-order valence-corrected chi connectivity index (χ0v) is 16.3. The quantitative estimate of drug-likeness (QED) is 0.622. The van der Waals surface area contributed by atoms with Crippen molar-refractivity contribution in [3.8, 4) is 5.75 Å². The van der Waals surface area contributed by atoms with Gasteiger partial charge in [0.05, 0.1) is 26.1 Å². The topological polar surface area (TPSA) is 67.4 Å². The standard InChI is InChI=1S/C24H24N2O3/c1-29-21-14-12-20(13-15-21)24(19-10-6-3-7-11-19)26-23(28)17-25-22(27)16-18-8-4-2-5-9-18/h2-15,24H,16-17H2,1H3,(H,25,27)(H,26,28). The number of rotatable bonds is 8. The van der Waals surface area contributed by atoms with E-state index in [-0.39, 0.29) is 30.8 Å². The van der Waals surface area contributed by atoms with Gasteiger partial charge >= 0.3 is 0 Å². The van der Waals surface area contributed by atoms with Crippen LogP contribution in [0.15, 0.2) is 84.9 Å². The van der Waals surface area contributed by atoms with Gasteiger partial charge in [-0.1, -0.05) is 72.8 Å². The van der Waals surface area contributed by atoms with Crippen LogP contribution in [0.3, 0.4) is 0 Å². The lowest BCUT2D eigenvalue weighted by Gasteiger charge is -2.20. The highest BCUT2D eigenvalue weighted by atomic mass is 16.5. The third kappa shape index (κ3) is 5.94. The normalized spacial score (nSPS) is 11.3. The number of methoxy groups -OCH3 is 1. The molecule has 3 aromatic rings. The van der Waals surface area contributed by atoms with Gasteiger partial charge in [-0.25, -0.2) is 0 Å². The maximum absolute atomic E-state index is 12.5. The van der Waals surface area contributed by atoms with Crippen LogP contribution in [0, 0.1) is 0 Å². The monoisotopic (exact) mass is 388 g/mol. The maximum atomic E-state index is 12.5. The highest BCUT2D eigenvalue weighted by Crippen LogP contribution is 2.24. The molecular formula is C24H24N2O3. The molecule has 2 amide bonds. The lowest BCUT2D eigenvalue weighted by atomic mass is 9.98. The molecule has 148 valence electrons. The molecule has 29 heavy (non-hydrogen) atoms. The van der Waals surface area contributed by atoms with Crippen LogP contribution in [0.25, 0.3) is 0 Å². The van der Waals surface area contributed by atoms with Gasteiger partial charge in [-0.05, 0) is 28.8 Å². The third-order valence-corrected chi connectivity index (χ3v) is 4.54. The molecule has 1 unspecified atom stereocenters. The minimum Gasteiger partial charge on any atom is -0.497 e. The Bertz CT molecular complexity index is 925. The van der Waals surface area contributed by atoms with Crippen LogP contribution in [0.5, 0.6) is 5.75 Å². The molecular weight excluding hydrogens is 364 g/mol. The van der Waals surface area contributed by atoms with Gasteiger partial charge in [0.2, 0.25) is 11.8 Å². The molecule has 2 N–H and O–H groups in total. The zero-order valence-electron chi connectivity index (χ0n) is 16.3. The van der Waals surface area contributed by atoms with Crippen molar-refractivity contribution in [1.29, 1.82) is 0 Å². The van der Waals surface area contributed by atoms with E-state index in [0.717, 1.165) is 22.4 Å². The van der Waals surface area contributed by atoms with Crippen molar-refractivity contribution in [1.82, 2.24) is 10.6 Å². The second-order valence-electron chi connectivity index (χ2n) is 6.62. The van der Waals surface area contributed by atoms with Gasteiger partial charge in [-0.3, -0.25) is 9.59 Å². The number of benzene rings is 3. The summed E-state index contributed by atoms with van der Waals surface area (Å²) in [5, 5.41) is 5.70. The van der Waals surface area contributed by atoms with Crippen molar-refractivity contribution in [3.63, 3.8) is 0 Å². The first-order chi connectivity index (χ1) is 14.2. The minimum absolute atomic E-state index is 0.0782. The number of carbonyl (C=O) groups excluding carboxylic acids is 2. The highest BCUT2D eigenvalue weighted by Gasteiger charge is 2.17. The Hall–Kier alpha value is -3.60. The van der Waals surface area contributed by atoms with E-state index in [4.69, 9.17) is 4.74 Å². The first-order valence-corrected chi connectivity index (χ1v) is 9.44. The third-order valence-electron chi connectivity index (χ3n) is 4.54. The lowest BCUT2D eigenvalue weighted by Crippen LogP contribution is -2.39. The number of carbonyl (C=O) groups is 2. The van der Waals surface area contributed by atoms with Gasteiger partial charge in [-0.15, -0.1) is 0 Å². The number of hydrogen-bond donors (Lipinski definition) is 2. The van der Waals surface area contributed by atoms with Crippen LogP contribution in [-0.2, 0) is 16.0 Å². The van der Waals surface area contributed by atoms with Crippen molar-refractivity contribution in [2.75, 3.05) is 13.7 Å². The molecule has 0 aliphatic carbocycles. The SMILES string of the molecule is COc1ccc(C(NC(=O)CNC(=O)Cc2ccccc2)c2ccccc2)cc1. The summed E-state index contributed by atoms with van der Waals surface area (Å²) >= 11 is 0. The summed E-state index contributed by atoms with van der Waals surface area (Å²) in [4.78, 5) is 24.6. The molecule has 0 bridgehead atoms. The Morgan fingerprint density at radius 3 is 2.00 bits per heavy atom. The van der Waals surface area contributed by atoms with E-state index in [1.807, 2.05) is 84.9 Å². The summed E-state index contributed by atoms with van der Waals surface area (Å²) in [5.74, 6) is 0.309. The second-order valence-corrected chi connectivity index (χ2v) is 6.62. The summed E-state index contributed by atoms with van der Waals surface area (Å²) in [6.07, 6.45) is 0.245. The summed E-state index contributed by atoms with van der Waals surface area (Å²) in [5.41, 5.74) is 2.80. The predicted octanol–water partition coefficient (Wildman–Crippen LogP) is 3.26. The van der Waals surface area contributed by atoms with Gasteiger partial charge in [0.25, 0.3) is 0 Å². The molecule has 5 heteroatoms. The largest absolute Gasteiger partial charge is 0.497 e. The van der Waals surface area contributed by atoms with Gasteiger partial charge in [0, 0.05) is 0 Å². The van der Waals surface area contributed by atoms with E-state index >= 15 is 0 Å². The summed E-state index contributed by atoms with van der Waals surface area (Å²) < 4.78 is 5.21. The fourth-order valence-corrected chi connectivity index (χ4v) is 3.04. The van der Waals surface area contributed by atoms with Crippen LogP contribution in [-0.4, -0.2) is 25.5 Å². The van der Waals surface area contributed by atoms with Crippen molar-refractivity contribution < 1.29 is 14.3 Å². The Kier molecular flexibility index (Phi) is 7.00. The van der Waals surface area contributed by atoms with Gasteiger partial charge in [0.1, 0.15) is 5.75 Å². The Labute approximate surface area is 170 Å². The summed E-state index contributed by atoms with van der Waals surface area (Å²) in [6, 6.07) is 26.4. The number of hydrogen-bond acceptors (Lipinski definition) is 3. The fraction of sp³-hybridized carbons (Fsp3) is 0.167. The van der Waals surface area contributed by atoms with Crippen LogP contribution < -0.4 is 15.4 Å². The van der Waals surface area contributed by atoms with E-state index in [1.165, 1.54) is 0 Å². The summed E-state index contributed by atoms with van der Waals surface area (Å²) in [7, 11) is 1.61. The van der Waals surface area contributed by atoms with E-state index in [0.29, 0.717) is 0 Å². The van der Waals surface area contributed by atoms with Crippen LogP contribution in [0.2, 0.25) is 0 Å². The second kappa shape index (κ2) is 10.1. The Morgan fingerprint density at radius 2 is 1.38 bits per heavy atom. The molecule has 0 saturated heterocycles. The molecule has 0 radical (unpaired) electrons. The predicted molar refractivity (Wildman–Crippen MR) is 113 cm³/mol. The minimum atomic E-state index is -0.319. The van der Waals surface area contributed by atoms with Crippen molar-refractivity contribution in [2.24, 2.45) is 0 Å². The van der Waals surface area contributed by atoms with E-state index in [1.54, 1.807) is 7.11 Å². The van der Waals surface area contributed by atoms with Gasteiger partial charge < -0.3 is 15.4 Å². The number of ether oxygens (including phenoxy) is 1.